The number of benzene rings is 1. The van der Waals surface area contributed by atoms with Crippen molar-refractivity contribution in [2.45, 2.75) is 25.4 Å². The number of thiophene rings is 1. The highest BCUT2D eigenvalue weighted by molar-refractivity contribution is 7.99. The number of aromatic nitrogens is 4. The van der Waals surface area contributed by atoms with Gasteiger partial charge in [0.2, 0.25) is 11.1 Å². The van der Waals surface area contributed by atoms with Gasteiger partial charge < -0.3 is 5.32 Å². The van der Waals surface area contributed by atoms with E-state index in [1.165, 1.54) is 28.7 Å². The summed E-state index contributed by atoms with van der Waals surface area (Å²) in [7, 11) is 0. The van der Waals surface area contributed by atoms with Gasteiger partial charge in [0.1, 0.15) is 11.1 Å². The zero-order valence-corrected chi connectivity index (χ0v) is 15.9. The molecule has 3 rings (SSSR count). The molecule has 0 unspecified atom stereocenters. The predicted octanol–water partition coefficient (Wildman–Crippen LogP) is 3.33. The van der Waals surface area contributed by atoms with Gasteiger partial charge in [0.25, 0.3) is 0 Å². The van der Waals surface area contributed by atoms with Gasteiger partial charge in [-0.05, 0) is 47.4 Å². The number of carbonyl (C=O) groups is 1. The Hall–Kier alpha value is -2.70. The Kier molecular flexibility index (Phi) is 5.65. The number of carbonyl (C=O) groups excluding carboxylic acids is 1. The van der Waals surface area contributed by atoms with Gasteiger partial charge in [-0.15, -0.1) is 16.4 Å². The topological polar surface area (TPSA) is 96.5 Å². The van der Waals surface area contributed by atoms with Gasteiger partial charge in [0.05, 0.1) is 11.3 Å². The van der Waals surface area contributed by atoms with Gasteiger partial charge in [0.15, 0.2) is 0 Å². The van der Waals surface area contributed by atoms with Crippen molar-refractivity contribution in [3.05, 3.63) is 46.3 Å². The molecule has 0 radical (unpaired) electrons. The van der Waals surface area contributed by atoms with Crippen LogP contribution in [0.15, 0.2) is 34.8 Å². The molecular formula is C17H16N6OS2. The molecule has 2 aromatic heterocycles. The number of nitrogens with one attached hydrogen (secondary N) is 1. The van der Waals surface area contributed by atoms with E-state index in [0.29, 0.717) is 27.9 Å². The maximum Gasteiger partial charge on any atom is 0.225 e. The highest BCUT2D eigenvalue weighted by Gasteiger charge is 2.13. The van der Waals surface area contributed by atoms with Crippen molar-refractivity contribution in [3.8, 4) is 11.8 Å². The molecule has 0 aliphatic heterocycles. The van der Waals surface area contributed by atoms with Crippen LogP contribution in [0.5, 0.6) is 0 Å². The van der Waals surface area contributed by atoms with Crippen molar-refractivity contribution in [1.29, 1.82) is 5.26 Å². The van der Waals surface area contributed by atoms with Crippen LogP contribution in [0.4, 0.5) is 5.00 Å². The first kappa shape index (κ1) is 18.1. The van der Waals surface area contributed by atoms with E-state index in [4.69, 9.17) is 5.26 Å². The minimum atomic E-state index is -0.137. The van der Waals surface area contributed by atoms with Gasteiger partial charge in [-0.25, -0.2) is 0 Å². The molecular weight excluding hydrogens is 368 g/mol. The number of rotatable bonds is 6. The highest BCUT2D eigenvalue weighted by atomic mass is 32.2. The summed E-state index contributed by atoms with van der Waals surface area (Å²) in [5.74, 6) is 0.395. The second kappa shape index (κ2) is 8.12. The van der Waals surface area contributed by atoms with Crippen molar-refractivity contribution in [1.82, 2.24) is 20.2 Å². The molecule has 0 bridgehead atoms. The highest BCUT2D eigenvalue weighted by Crippen LogP contribution is 2.24. The summed E-state index contributed by atoms with van der Waals surface area (Å²) < 4.78 is 1.68. The summed E-state index contributed by atoms with van der Waals surface area (Å²) in [4.78, 5) is 12.1. The van der Waals surface area contributed by atoms with Crippen molar-refractivity contribution in [3.63, 3.8) is 0 Å². The minimum absolute atomic E-state index is 0.137. The van der Waals surface area contributed by atoms with Gasteiger partial charge in [0, 0.05) is 12.2 Å². The fourth-order valence-corrected chi connectivity index (χ4v) is 3.96. The van der Waals surface area contributed by atoms with Crippen molar-refractivity contribution in [2.75, 3.05) is 11.1 Å². The molecule has 132 valence electrons. The maximum atomic E-state index is 12.1. The summed E-state index contributed by atoms with van der Waals surface area (Å²) in [6, 6.07) is 9.82. The van der Waals surface area contributed by atoms with E-state index in [0.717, 1.165) is 11.3 Å². The molecule has 7 nitrogen and oxygen atoms in total. The molecule has 2 heterocycles. The third-order valence-electron chi connectivity index (χ3n) is 3.62. The van der Waals surface area contributed by atoms with Crippen LogP contribution in [0.3, 0.4) is 0 Å². The first-order chi connectivity index (χ1) is 12.6. The lowest BCUT2D eigenvalue weighted by Gasteiger charge is -2.08. The first-order valence-electron chi connectivity index (χ1n) is 7.84. The summed E-state index contributed by atoms with van der Waals surface area (Å²) in [6.45, 7) is 4.05. The van der Waals surface area contributed by atoms with E-state index in [1.54, 1.807) is 16.1 Å². The van der Waals surface area contributed by atoms with E-state index in [2.05, 4.69) is 33.0 Å². The third kappa shape index (κ3) is 4.09. The van der Waals surface area contributed by atoms with Crippen molar-refractivity contribution >= 4 is 34.0 Å². The summed E-state index contributed by atoms with van der Waals surface area (Å²) >= 11 is 2.76. The zero-order chi connectivity index (χ0) is 18.5. The molecule has 0 aliphatic carbocycles. The number of amides is 1. The average molecular weight is 384 g/mol. The van der Waals surface area contributed by atoms with Crippen LogP contribution in [0, 0.1) is 25.2 Å². The van der Waals surface area contributed by atoms with Gasteiger partial charge in [-0.1, -0.05) is 29.5 Å². The van der Waals surface area contributed by atoms with Gasteiger partial charge in [-0.3, -0.25) is 4.79 Å². The number of thioether (sulfide) groups is 1. The van der Waals surface area contributed by atoms with Crippen LogP contribution in [0.25, 0.3) is 5.69 Å². The molecule has 0 atom stereocenters. The number of tetrazole rings is 1. The fraction of sp³-hybridized carbons (Fsp3) is 0.235. The zero-order valence-electron chi connectivity index (χ0n) is 14.3. The number of aryl methyl sites for hydroxylation is 2. The lowest BCUT2D eigenvalue weighted by Crippen LogP contribution is -2.12. The summed E-state index contributed by atoms with van der Waals surface area (Å²) in [6.07, 6.45) is 0.299. The average Bonchev–Trinajstić information content (AvgIpc) is 3.24. The quantitative estimate of drug-likeness (QED) is 0.655. The molecule has 0 aliphatic rings. The van der Waals surface area contributed by atoms with E-state index >= 15 is 0 Å². The van der Waals surface area contributed by atoms with Gasteiger partial charge in [-0.2, -0.15) is 9.94 Å². The smallest absolute Gasteiger partial charge is 0.225 e. The molecule has 1 N–H and O–H groups in total. The summed E-state index contributed by atoms with van der Waals surface area (Å²) in [5, 5.41) is 26.6. The Morgan fingerprint density at radius 1 is 1.38 bits per heavy atom. The van der Waals surface area contributed by atoms with E-state index in [9.17, 15) is 4.79 Å². The molecule has 26 heavy (non-hydrogen) atoms. The van der Waals surface area contributed by atoms with Crippen LogP contribution < -0.4 is 5.32 Å². The molecule has 1 amide bonds. The molecule has 9 heteroatoms. The minimum Gasteiger partial charge on any atom is -0.317 e. The predicted molar refractivity (Wildman–Crippen MR) is 102 cm³/mol. The van der Waals surface area contributed by atoms with Crippen molar-refractivity contribution in [2.24, 2.45) is 0 Å². The van der Waals surface area contributed by atoms with Crippen LogP contribution in [0.1, 0.15) is 23.1 Å². The largest absolute Gasteiger partial charge is 0.317 e. The number of nitriles is 1. The molecule has 0 fully saturated rings. The van der Waals surface area contributed by atoms with E-state index in [-0.39, 0.29) is 5.91 Å². The van der Waals surface area contributed by atoms with Crippen LogP contribution in [-0.2, 0) is 4.79 Å². The Labute approximate surface area is 159 Å². The number of nitrogens with zero attached hydrogens (tertiary/aromatic N) is 5. The lowest BCUT2D eigenvalue weighted by atomic mass is 10.1. The summed E-state index contributed by atoms with van der Waals surface area (Å²) in [5.41, 5.74) is 3.66. The third-order valence-corrected chi connectivity index (χ3v) is 5.37. The van der Waals surface area contributed by atoms with Crippen LogP contribution in [-0.4, -0.2) is 31.9 Å². The molecule has 1 aromatic carbocycles. The fourth-order valence-electron chi connectivity index (χ4n) is 2.38. The Morgan fingerprint density at radius 3 is 3.00 bits per heavy atom. The van der Waals surface area contributed by atoms with Crippen molar-refractivity contribution < 1.29 is 4.79 Å². The van der Waals surface area contributed by atoms with E-state index < -0.39 is 0 Å². The second-order valence-corrected chi connectivity index (χ2v) is 7.56. The Balaban J connectivity index is 1.60. The second-order valence-electron chi connectivity index (χ2n) is 5.59. The standard InChI is InChI=1S/C17H16N6OS2/c1-11-3-4-14(12(2)9-11)23-17(20-21-22-23)26-8-6-15(24)19-16-13(10-18)5-7-25-16/h3-5,7,9H,6,8H2,1-2H3,(H,19,24). The lowest BCUT2D eigenvalue weighted by molar-refractivity contribution is -0.115. The number of hydrogen-bond acceptors (Lipinski definition) is 7. The Bertz CT molecular complexity index is 972. The normalized spacial score (nSPS) is 10.5. The van der Waals surface area contributed by atoms with Crippen LogP contribution in [0.2, 0.25) is 0 Å². The molecule has 3 aromatic rings. The number of anilines is 1. The molecule has 0 saturated carbocycles. The number of hydrogen-bond donors (Lipinski definition) is 1. The molecule has 0 spiro atoms. The van der Waals surface area contributed by atoms with E-state index in [1.807, 2.05) is 26.0 Å². The maximum absolute atomic E-state index is 12.1. The monoisotopic (exact) mass is 384 g/mol. The van der Waals surface area contributed by atoms with Crippen LogP contribution >= 0.6 is 23.1 Å². The Morgan fingerprint density at radius 2 is 2.23 bits per heavy atom. The molecule has 0 saturated heterocycles. The van der Waals surface area contributed by atoms with Gasteiger partial charge >= 0.3 is 0 Å². The SMILES string of the molecule is Cc1ccc(-n2nnnc2SCCC(=O)Nc2sccc2C#N)c(C)c1. The first-order valence-corrected chi connectivity index (χ1v) is 9.71.